The normalized spacial score (nSPS) is 13.0. The Bertz CT molecular complexity index is 621. The Morgan fingerprint density at radius 2 is 1.57 bits per heavy atom. The van der Waals surface area contributed by atoms with Crippen LogP contribution in [0.5, 0.6) is 5.75 Å². The summed E-state index contributed by atoms with van der Waals surface area (Å²) in [6, 6.07) is 9.05. The van der Waals surface area contributed by atoms with Crippen LogP contribution < -0.4 is 4.74 Å². The number of hydrogen-bond donors (Lipinski definition) is 1. The third kappa shape index (κ3) is 3.95. The van der Waals surface area contributed by atoms with Crippen molar-refractivity contribution in [1.29, 1.82) is 0 Å². The number of aliphatic hydroxyl groups excluding tert-OH is 1. The van der Waals surface area contributed by atoms with E-state index in [1.807, 2.05) is 0 Å². The zero-order chi connectivity index (χ0) is 15.6. The number of hydrogen-bond acceptors (Lipinski definition) is 2. The Morgan fingerprint density at radius 3 is 2.10 bits per heavy atom. The fourth-order valence-electron chi connectivity index (χ4n) is 1.82. The molecule has 0 saturated carbocycles. The van der Waals surface area contributed by atoms with Crippen molar-refractivity contribution < 1.29 is 27.4 Å². The van der Waals surface area contributed by atoms with Gasteiger partial charge in [-0.25, -0.2) is 4.39 Å². The number of aliphatic hydroxyl groups is 1. The van der Waals surface area contributed by atoms with Crippen LogP contribution in [0.15, 0.2) is 42.5 Å². The molecule has 21 heavy (non-hydrogen) atoms. The molecule has 1 unspecified atom stereocenters. The van der Waals surface area contributed by atoms with Gasteiger partial charge < -0.3 is 9.84 Å². The molecule has 0 amide bonds. The minimum atomic E-state index is -4.76. The molecule has 6 heteroatoms. The predicted molar refractivity (Wildman–Crippen MR) is 68.3 cm³/mol. The lowest BCUT2D eigenvalue weighted by atomic mass is 10.0. The summed E-state index contributed by atoms with van der Waals surface area (Å²) >= 11 is 0. The summed E-state index contributed by atoms with van der Waals surface area (Å²) in [5.74, 6) is -0.836. The van der Waals surface area contributed by atoms with Crippen molar-refractivity contribution in [3.8, 4) is 5.75 Å². The van der Waals surface area contributed by atoms with Gasteiger partial charge in [0.25, 0.3) is 0 Å². The Hall–Kier alpha value is -2.08. The van der Waals surface area contributed by atoms with Gasteiger partial charge in [-0.3, -0.25) is 0 Å². The van der Waals surface area contributed by atoms with E-state index in [0.29, 0.717) is 16.7 Å². The molecule has 0 spiro atoms. The molecule has 0 bridgehead atoms. The minimum absolute atomic E-state index is 0.322. The number of rotatable bonds is 3. The van der Waals surface area contributed by atoms with Gasteiger partial charge >= 0.3 is 6.36 Å². The number of alkyl halides is 3. The van der Waals surface area contributed by atoms with Gasteiger partial charge in [-0.1, -0.05) is 24.3 Å². The van der Waals surface area contributed by atoms with Crippen molar-refractivity contribution >= 4 is 0 Å². The number of aryl methyl sites for hydroxylation is 1. The van der Waals surface area contributed by atoms with Gasteiger partial charge in [0.05, 0.1) is 0 Å². The SMILES string of the molecule is Cc1ccc(C(O)c2ccc(OC(F)(F)F)cc2)cc1F. The molecule has 2 aromatic rings. The Balaban J connectivity index is 2.19. The van der Waals surface area contributed by atoms with E-state index >= 15 is 0 Å². The highest BCUT2D eigenvalue weighted by Gasteiger charge is 2.31. The number of halogens is 4. The van der Waals surface area contributed by atoms with Crippen LogP contribution in [-0.4, -0.2) is 11.5 Å². The number of benzene rings is 2. The highest BCUT2D eigenvalue weighted by Crippen LogP contribution is 2.27. The fourth-order valence-corrected chi connectivity index (χ4v) is 1.82. The maximum Gasteiger partial charge on any atom is 0.573 e. The average Bonchev–Trinajstić information content (AvgIpc) is 2.40. The Morgan fingerprint density at radius 1 is 1.00 bits per heavy atom. The van der Waals surface area contributed by atoms with E-state index in [2.05, 4.69) is 4.74 Å². The van der Waals surface area contributed by atoms with Crippen LogP contribution in [0.4, 0.5) is 17.6 Å². The third-order valence-corrected chi connectivity index (χ3v) is 2.94. The molecule has 112 valence electrons. The molecule has 2 rings (SSSR count). The van der Waals surface area contributed by atoms with Gasteiger partial charge in [-0.15, -0.1) is 13.2 Å². The average molecular weight is 300 g/mol. The molecule has 0 radical (unpaired) electrons. The lowest BCUT2D eigenvalue weighted by Gasteiger charge is -2.14. The highest BCUT2D eigenvalue weighted by molar-refractivity contribution is 5.35. The Labute approximate surface area is 118 Å². The van der Waals surface area contributed by atoms with Crippen molar-refractivity contribution in [3.05, 3.63) is 65.0 Å². The summed E-state index contributed by atoms with van der Waals surface area (Å²) in [5.41, 5.74) is 1.11. The molecule has 0 aromatic heterocycles. The molecule has 0 aliphatic carbocycles. The first kappa shape index (κ1) is 15.3. The third-order valence-electron chi connectivity index (χ3n) is 2.94. The standard InChI is InChI=1S/C15H12F4O2/c1-9-2-3-11(8-13(9)16)14(20)10-4-6-12(7-5-10)21-15(17,18)19/h2-8,14,20H,1H3. The summed E-state index contributed by atoms with van der Waals surface area (Å²) < 4.78 is 53.3. The Kier molecular flexibility index (Phi) is 4.18. The first-order chi connectivity index (χ1) is 9.76. The van der Waals surface area contributed by atoms with Gasteiger partial charge in [0.2, 0.25) is 0 Å². The summed E-state index contributed by atoms with van der Waals surface area (Å²) in [5, 5.41) is 10.1. The van der Waals surface area contributed by atoms with Crippen LogP contribution in [0.1, 0.15) is 22.8 Å². The molecule has 2 aromatic carbocycles. The van der Waals surface area contributed by atoms with Crippen molar-refractivity contribution in [2.75, 3.05) is 0 Å². The molecular formula is C15H12F4O2. The smallest absolute Gasteiger partial charge is 0.406 e. The van der Waals surface area contributed by atoms with E-state index < -0.39 is 18.3 Å². The van der Waals surface area contributed by atoms with Crippen LogP contribution in [0.2, 0.25) is 0 Å². The van der Waals surface area contributed by atoms with E-state index in [-0.39, 0.29) is 5.75 Å². The summed E-state index contributed by atoms with van der Waals surface area (Å²) in [6.45, 7) is 1.59. The van der Waals surface area contributed by atoms with Gasteiger partial charge in [-0.2, -0.15) is 0 Å². The first-order valence-electron chi connectivity index (χ1n) is 6.06. The van der Waals surface area contributed by atoms with Crippen LogP contribution in [0, 0.1) is 12.7 Å². The van der Waals surface area contributed by atoms with E-state index in [1.165, 1.54) is 24.3 Å². The van der Waals surface area contributed by atoms with Gasteiger partial charge in [-0.05, 0) is 41.8 Å². The van der Waals surface area contributed by atoms with Crippen molar-refractivity contribution in [3.63, 3.8) is 0 Å². The predicted octanol–water partition coefficient (Wildman–Crippen LogP) is 4.11. The lowest BCUT2D eigenvalue weighted by molar-refractivity contribution is -0.274. The van der Waals surface area contributed by atoms with E-state index in [1.54, 1.807) is 13.0 Å². The van der Waals surface area contributed by atoms with Crippen LogP contribution in [-0.2, 0) is 0 Å². The van der Waals surface area contributed by atoms with E-state index in [9.17, 15) is 22.7 Å². The second-order valence-electron chi connectivity index (χ2n) is 4.53. The van der Waals surface area contributed by atoms with Crippen molar-refractivity contribution in [2.24, 2.45) is 0 Å². The maximum absolute atomic E-state index is 13.4. The molecule has 2 nitrogen and oxygen atoms in total. The summed E-state index contributed by atoms with van der Waals surface area (Å²) in [7, 11) is 0. The van der Waals surface area contributed by atoms with Crippen LogP contribution >= 0.6 is 0 Å². The quantitative estimate of drug-likeness (QED) is 0.864. The molecule has 0 saturated heterocycles. The highest BCUT2D eigenvalue weighted by atomic mass is 19.4. The van der Waals surface area contributed by atoms with E-state index in [0.717, 1.165) is 12.1 Å². The van der Waals surface area contributed by atoms with Crippen LogP contribution in [0.25, 0.3) is 0 Å². The van der Waals surface area contributed by atoms with Crippen molar-refractivity contribution in [1.82, 2.24) is 0 Å². The molecule has 0 fully saturated rings. The molecule has 1 atom stereocenters. The second kappa shape index (κ2) is 5.73. The number of ether oxygens (including phenoxy) is 1. The van der Waals surface area contributed by atoms with Crippen LogP contribution in [0.3, 0.4) is 0 Å². The van der Waals surface area contributed by atoms with Gasteiger partial charge in [0.15, 0.2) is 0 Å². The molecule has 0 aliphatic rings. The zero-order valence-corrected chi connectivity index (χ0v) is 11.0. The fraction of sp³-hybridized carbons (Fsp3) is 0.200. The molecule has 0 aliphatic heterocycles. The largest absolute Gasteiger partial charge is 0.573 e. The summed E-state index contributed by atoms with van der Waals surface area (Å²) in [6.07, 6.45) is -5.89. The maximum atomic E-state index is 13.4. The minimum Gasteiger partial charge on any atom is -0.406 e. The lowest BCUT2D eigenvalue weighted by Crippen LogP contribution is -2.17. The molecule has 1 N–H and O–H groups in total. The van der Waals surface area contributed by atoms with E-state index in [4.69, 9.17) is 0 Å². The molecule has 0 heterocycles. The zero-order valence-electron chi connectivity index (χ0n) is 11.0. The van der Waals surface area contributed by atoms with Gasteiger partial charge in [0, 0.05) is 0 Å². The summed E-state index contributed by atoms with van der Waals surface area (Å²) in [4.78, 5) is 0. The van der Waals surface area contributed by atoms with Gasteiger partial charge in [0.1, 0.15) is 17.7 Å². The molecular weight excluding hydrogens is 288 g/mol. The first-order valence-corrected chi connectivity index (χ1v) is 6.06. The second-order valence-corrected chi connectivity index (χ2v) is 4.53. The van der Waals surface area contributed by atoms with Crippen molar-refractivity contribution in [2.45, 2.75) is 19.4 Å². The monoisotopic (exact) mass is 300 g/mol. The topological polar surface area (TPSA) is 29.5 Å².